The Morgan fingerprint density at radius 3 is 0.987 bits per heavy atom. The zero-order valence-electron chi connectivity index (χ0n) is 44.1. The summed E-state index contributed by atoms with van der Waals surface area (Å²) in [5.41, 5.74) is 29.6. The van der Waals surface area contributed by atoms with Gasteiger partial charge in [0.15, 0.2) is 0 Å². The van der Waals surface area contributed by atoms with E-state index in [1.807, 2.05) is 0 Å². The molecule has 76 heavy (non-hydrogen) atoms. The second kappa shape index (κ2) is 18.4. The summed E-state index contributed by atoms with van der Waals surface area (Å²) in [5, 5.41) is 0. The summed E-state index contributed by atoms with van der Waals surface area (Å²) in [7, 11) is 0. The van der Waals surface area contributed by atoms with Gasteiger partial charge in [-0.2, -0.15) is 0 Å². The average molecular weight is 977 g/mol. The SMILES string of the molecule is Cc1cc(N(c2ccc(-c3ccccc3)cc2)c2ccc(-c3ccccc3)cc2)cc2c1-c1cc3c(c(C)c1C2(C)C)-c1ccc(N(c2ccc(-c4ccccc4)cc2)c2ccc(-c4ccccc4)cc2)cc1C3(C)C. The Morgan fingerprint density at radius 1 is 0.263 bits per heavy atom. The largest absolute Gasteiger partial charge is 0.310 e. The minimum Gasteiger partial charge on any atom is -0.310 e. The maximum absolute atomic E-state index is 2.57. The first kappa shape index (κ1) is 46.8. The van der Waals surface area contributed by atoms with E-state index in [9.17, 15) is 0 Å². The highest BCUT2D eigenvalue weighted by atomic mass is 15.1. The van der Waals surface area contributed by atoms with E-state index in [4.69, 9.17) is 0 Å². The normalized spacial score (nSPS) is 13.3. The van der Waals surface area contributed by atoms with Crippen LogP contribution in [0.4, 0.5) is 34.1 Å². The fourth-order valence-electron chi connectivity index (χ4n) is 12.7. The second-order valence-corrected chi connectivity index (χ2v) is 21.8. The zero-order valence-corrected chi connectivity index (χ0v) is 44.1. The molecule has 13 rings (SSSR count). The standard InChI is InChI=1S/C74H60N2/c1-49-45-64(76(61-39-31-57(32-40-61)53-23-15-9-16-24-53)62-41-33-58(34-42-62)54-25-17-10-18-26-54)47-68-70(49)66-48-69-71(50(2)72(66)74(68,5)6)65-44-43-63(46-67(65)73(69,3)4)75(59-35-27-55(28-36-59)51-19-11-7-12-20-51)60-37-29-56(30-38-60)52-21-13-8-14-22-52/h7-48H,1-6H3. The molecule has 2 nitrogen and oxygen atoms in total. The molecular formula is C74H60N2. The number of rotatable bonds is 10. The number of anilines is 6. The topological polar surface area (TPSA) is 6.48 Å². The molecule has 366 valence electrons. The Labute approximate surface area is 448 Å². The van der Waals surface area contributed by atoms with Gasteiger partial charge in [0.2, 0.25) is 0 Å². The molecule has 11 aromatic rings. The van der Waals surface area contributed by atoms with Crippen LogP contribution in [-0.4, -0.2) is 0 Å². The predicted octanol–water partition coefficient (Wildman–Crippen LogP) is 20.5. The molecule has 0 atom stereocenters. The molecule has 0 amide bonds. The van der Waals surface area contributed by atoms with Crippen molar-refractivity contribution in [2.24, 2.45) is 0 Å². The first-order valence-electron chi connectivity index (χ1n) is 26.7. The number of aryl methyl sites for hydroxylation is 1. The molecule has 2 aliphatic carbocycles. The van der Waals surface area contributed by atoms with Gasteiger partial charge in [0.25, 0.3) is 0 Å². The van der Waals surface area contributed by atoms with E-state index < -0.39 is 0 Å². The van der Waals surface area contributed by atoms with Crippen LogP contribution in [0.2, 0.25) is 0 Å². The summed E-state index contributed by atoms with van der Waals surface area (Å²) in [5.74, 6) is 0. The van der Waals surface area contributed by atoms with Crippen molar-refractivity contribution in [3.8, 4) is 66.8 Å². The van der Waals surface area contributed by atoms with Crippen molar-refractivity contribution in [3.63, 3.8) is 0 Å². The lowest BCUT2D eigenvalue weighted by Gasteiger charge is -2.29. The lowest BCUT2D eigenvalue weighted by atomic mass is 9.76. The second-order valence-electron chi connectivity index (χ2n) is 21.8. The van der Waals surface area contributed by atoms with Crippen molar-refractivity contribution in [2.75, 3.05) is 9.80 Å². The van der Waals surface area contributed by atoms with Crippen LogP contribution in [-0.2, 0) is 10.8 Å². The Hall–Kier alpha value is -8.98. The van der Waals surface area contributed by atoms with Crippen LogP contribution < -0.4 is 9.80 Å². The highest BCUT2D eigenvalue weighted by Crippen LogP contribution is 2.60. The van der Waals surface area contributed by atoms with E-state index in [2.05, 4.69) is 306 Å². The van der Waals surface area contributed by atoms with E-state index in [0.717, 1.165) is 34.1 Å². The van der Waals surface area contributed by atoms with Crippen LogP contribution in [0.3, 0.4) is 0 Å². The molecular weight excluding hydrogens is 917 g/mol. The van der Waals surface area contributed by atoms with Crippen LogP contribution in [0.15, 0.2) is 255 Å². The van der Waals surface area contributed by atoms with Gasteiger partial charge in [0, 0.05) is 45.0 Å². The Kier molecular flexibility index (Phi) is 11.4. The molecule has 0 saturated carbocycles. The third-order valence-corrected chi connectivity index (χ3v) is 16.5. The van der Waals surface area contributed by atoms with Crippen molar-refractivity contribution >= 4 is 34.1 Å². The van der Waals surface area contributed by atoms with Crippen molar-refractivity contribution in [1.29, 1.82) is 0 Å². The maximum atomic E-state index is 2.57. The molecule has 0 heterocycles. The molecule has 0 unspecified atom stereocenters. The van der Waals surface area contributed by atoms with Crippen LogP contribution in [0, 0.1) is 13.8 Å². The molecule has 0 aliphatic heterocycles. The fraction of sp³-hybridized carbons (Fsp3) is 0.108. The highest BCUT2D eigenvalue weighted by molar-refractivity contribution is 5.96. The van der Waals surface area contributed by atoms with Gasteiger partial charge in [0.05, 0.1) is 0 Å². The lowest BCUT2D eigenvalue weighted by Crippen LogP contribution is -2.19. The minimum absolute atomic E-state index is 0.254. The van der Waals surface area contributed by atoms with Crippen LogP contribution in [0.1, 0.15) is 61.1 Å². The Balaban J connectivity index is 0.896. The third-order valence-electron chi connectivity index (χ3n) is 16.5. The van der Waals surface area contributed by atoms with Gasteiger partial charge < -0.3 is 9.80 Å². The van der Waals surface area contributed by atoms with Crippen molar-refractivity contribution in [1.82, 2.24) is 0 Å². The monoisotopic (exact) mass is 976 g/mol. The van der Waals surface area contributed by atoms with Gasteiger partial charge in [-0.3, -0.25) is 0 Å². The molecule has 0 spiro atoms. The first-order chi connectivity index (χ1) is 37.0. The van der Waals surface area contributed by atoms with Gasteiger partial charge in [-0.25, -0.2) is 0 Å². The predicted molar refractivity (Wildman–Crippen MR) is 322 cm³/mol. The number of hydrogen-bond acceptors (Lipinski definition) is 2. The van der Waals surface area contributed by atoms with Crippen LogP contribution >= 0.6 is 0 Å². The molecule has 0 aromatic heterocycles. The van der Waals surface area contributed by atoms with Gasteiger partial charge in [-0.15, -0.1) is 0 Å². The number of hydrogen-bond donors (Lipinski definition) is 0. The summed E-state index contributed by atoms with van der Waals surface area (Å²) in [6, 6.07) is 93.5. The van der Waals surface area contributed by atoms with Gasteiger partial charge in [-0.05, 0) is 193 Å². The fourth-order valence-corrected chi connectivity index (χ4v) is 12.7. The number of fused-ring (bicyclic) bond motifs is 6. The van der Waals surface area contributed by atoms with E-state index in [1.54, 1.807) is 0 Å². The average Bonchev–Trinajstić information content (AvgIpc) is 4.10. The van der Waals surface area contributed by atoms with Crippen molar-refractivity contribution < 1.29 is 0 Å². The molecule has 0 N–H and O–H groups in total. The van der Waals surface area contributed by atoms with Crippen molar-refractivity contribution in [2.45, 2.75) is 52.4 Å². The van der Waals surface area contributed by atoms with Crippen molar-refractivity contribution in [3.05, 3.63) is 288 Å². The van der Waals surface area contributed by atoms with Gasteiger partial charge in [0.1, 0.15) is 0 Å². The molecule has 0 radical (unpaired) electrons. The van der Waals surface area contributed by atoms with Crippen LogP contribution in [0.25, 0.3) is 66.8 Å². The summed E-state index contributed by atoms with van der Waals surface area (Å²) in [4.78, 5) is 4.87. The molecule has 0 fully saturated rings. The van der Waals surface area contributed by atoms with E-state index in [0.29, 0.717) is 0 Å². The Morgan fingerprint density at radius 2 is 0.592 bits per heavy atom. The summed E-state index contributed by atoms with van der Waals surface area (Å²) >= 11 is 0. The van der Waals surface area contributed by atoms with Gasteiger partial charge in [-0.1, -0.05) is 204 Å². The Bertz CT molecular complexity index is 3770. The molecule has 2 heteroatoms. The van der Waals surface area contributed by atoms with Crippen LogP contribution in [0.5, 0.6) is 0 Å². The number of benzene rings is 11. The van der Waals surface area contributed by atoms with Gasteiger partial charge >= 0.3 is 0 Å². The van der Waals surface area contributed by atoms with E-state index >= 15 is 0 Å². The minimum atomic E-state index is -0.258. The molecule has 2 aliphatic rings. The maximum Gasteiger partial charge on any atom is 0.0467 e. The smallest absolute Gasteiger partial charge is 0.0467 e. The quantitative estimate of drug-likeness (QED) is 0.135. The third kappa shape index (κ3) is 7.87. The summed E-state index contributed by atoms with van der Waals surface area (Å²) < 4.78 is 0. The molecule has 11 aromatic carbocycles. The molecule has 0 saturated heterocycles. The number of nitrogens with zero attached hydrogens (tertiary/aromatic N) is 2. The highest BCUT2D eigenvalue weighted by Gasteiger charge is 2.44. The van der Waals surface area contributed by atoms with E-state index in [1.165, 1.54) is 100 Å². The summed E-state index contributed by atoms with van der Waals surface area (Å²) in [6.07, 6.45) is 0. The van der Waals surface area contributed by atoms with E-state index in [-0.39, 0.29) is 10.8 Å². The summed E-state index contributed by atoms with van der Waals surface area (Å²) in [6.45, 7) is 14.5. The molecule has 0 bridgehead atoms. The zero-order chi connectivity index (χ0) is 51.7. The first-order valence-corrected chi connectivity index (χ1v) is 26.7. The lowest BCUT2D eigenvalue weighted by molar-refractivity contribution is 0.648.